The van der Waals surface area contributed by atoms with Crippen LogP contribution in [-0.2, 0) is 5.75 Å². The van der Waals surface area contributed by atoms with Crippen molar-refractivity contribution in [2.45, 2.75) is 10.9 Å². The first-order chi connectivity index (χ1) is 6.84. The van der Waals surface area contributed by atoms with Crippen molar-refractivity contribution in [3.63, 3.8) is 0 Å². The second-order valence-electron chi connectivity index (χ2n) is 2.81. The quantitative estimate of drug-likeness (QED) is 0.786. The summed E-state index contributed by atoms with van der Waals surface area (Å²) in [5.74, 6) is 0.602. The molecule has 0 fully saturated rings. The Morgan fingerprint density at radius 2 is 2.07 bits per heavy atom. The smallest absolute Gasteiger partial charge is 0.165 e. The molecule has 14 heavy (non-hydrogen) atoms. The molecule has 4 heteroatoms. The Bertz CT molecular complexity index is 383. The van der Waals surface area contributed by atoms with Gasteiger partial charge in [-0.25, -0.2) is 9.37 Å². The number of halogens is 1. The van der Waals surface area contributed by atoms with E-state index in [-0.39, 0.29) is 5.82 Å². The maximum absolute atomic E-state index is 12.6. The lowest BCUT2D eigenvalue weighted by Gasteiger charge is -1.98. The minimum Gasteiger partial charge on any atom is -0.340 e. The molecule has 2 nitrogen and oxygen atoms in total. The number of rotatable bonds is 3. The lowest BCUT2D eigenvalue weighted by Crippen LogP contribution is -1.82. The summed E-state index contributed by atoms with van der Waals surface area (Å²) in [5.41, 5.74) is 1.09. The van der Waals surface area contributed by atoms with Crippen LogP contribution >= 0.6 is 11.8 Å². The number of imidazole rings is 1. The summed E-state index contributed by atoms with van der Waals surface area (Å²) >= 11 is 1.60. The number of aromatic nitrogens is 2. The van der Waals surface area contributed by atoms with Gasteiger partial charge in [-0.2, -0.15) is 0 Å². The summed E-state index contributed by atoms with van der Waals surface area (Å²) in [6.45, 7) is 0. The zero-order valence-corrected chi connectivity index (χ0v) is 8.22. The third-order valence-corrected chi connectivity index (χ3v) is 2.74. The van der Waals surface area contributed by atoms with Gasteiger partial charge in [0.05, 0.1) is 0 Å². The Hall–Kier alpha value is -1.29. The molecular formula is C10H9FN2S. The summed E-state index contributed by atoms with van der Waals surface area (Å²) in [5, 5.41) is 0.884. The average molecular weight is 208 g/mol. The van der Waals surface area contributed by atoms with Gasteiger partial charge in [0.1, 0.15) is 5.82 Å². The van der Waals surface area contributed by atoms with Crippen molar-refractivity contribution in [2.75, 3.05) is 0 Å². The van der Waals surface area contributed by atoms with Crippen LogP contribution in [0, 0.1) is 5.82 Å². The zero-order chi connectivity index (χ0) is 9.80. The molecule has 0 bridgehead atoms. The number of benzene rings is 1. The van der Waals surface area contributed by atoms with Crippen LogP contribution < -0.4 is 0 Å². The highest BCUT2D eigenvalue weighted by molar-refractivity contribution is 7.98. The second-order valence-corrected chi connectivity index (χ2v) is 3.77. The van der Waals surface area contributed by atoms with E-state index in [0.717, 1.165) is 16.5 Å². The SMILES string of the molecule is Fc1ccc(CSc2ncc[nH]2)cc1. The molecular weight excluding hydrogens is 199 g/mol. The van der Waals surface area contributed by atoms with Crippen molar-refractivity contribution in [3.8, 4) is 0 Å². The Morgan fingerprint density at radius 3 is 2.71 bits per heavy atom. The van der Waals surface area contributed by atoms with Gasteiger partial charge >= 0.3 is 0 Å². The Balaban J connectivity index is 1.95. The molecule has 2 rings (SSSR count). The molecule has 0 atom stereocenters. The first-order valence-corrected chi connectivity index (χ1v) is 5.20. The monoisotopic (exact) mass is 208 g/mol. The molecule has 0 saturated carbocycles. The molecule has 0 saturated heterocycles. The van der Waals surface area contributed by atoms with Gasteiger partial charge in [0, 0.05) is 18.1 Å². The predicted octanol–water partition coefficient (Wildman–Crippen LogP) is 2.84. The first-order valence-electron chi connectivity index (χ1n) is 4.21. The van der Waals surface area contributed by atoms with Gasteiger partial charge in [-0.3, -0.25) is 0 Å². The number of hydrogen-bond acceptors (Lipinski definition) is 2. The maximum atomic E-state index is 12.6. The highest BCUT2D eigenvalue weighted by Crippen LogP contribution is 2.18. The van der Waals surface area contributed by atoms with E-state index in [9.17, 15) is 4.39 Å². The fourth-order valence-electron chi connectivity index (χ4n) is 1.06. The Kier molecular flexibility index (Phi) is 2.84. The molecule has 0 amide bonds. The van der Waals surface area contributed by atoms with Crippen LogP contribution in [0.3, 0.4) is 0 Å². The van der Waals surface area contributed by atoms with Crippen molar-refractivity contribution in [1.82, 2.24) is 9.97 Å². The molecule has 0 spiro atoms. The minimum absolute atomic E-state index is 0.197. The van der Waals surface area contributed by atoms with Crippen LogP contribution in [0.5, 0.6) is 0 Å². The third kappa shape index (κ3) is 2.35. The van der Waals surface area contributed by atoms with Gasteiger partial charge in [-0.15, -0.1) is 0 Å². The summed E-state index contributed by atoms with van der Waals surface area (Å²) in [6.07, 6.45) is 3.50. The van der Waals surface area contributed by atoms with Gasteiger partial charge in [-0.1, -0.05) is 23.9 Å². The molecule has 0 unspecified atom stereocenters. The van der Waals surface area contributed by atoms with Crippen LogP contribution in [0.2, 0.25) is 0 Å². The average Bonchev–Trinajstić information content (AvgIpc) is 2.70. The highest BCUT2D eigenvalue weighted by Gasteiger charge is 1.97. The summed E-state index contributed by atoms with van der Waals surface area (Å²) in [4.78, 5) is 7.08. The van der Waals surface area contributed by atoms with E-state index < -0.39 is 0 Å². The van der Waals surface area contributed by atoms with Crippen LogP contribution in [0.1, 0.15) is 5.56 Å². The Morgan fingerprint density at radius 1 is 1.29 bits per heavy atom. The molecule has 1 heterocycles. The summed E-state index contributed by atoms with van der Waals surface area (Å²) in [6, 6.07) is 6.51. The predicted molar refractivity (Wildman–Crippen MR) is 54.5 cm³/mol. The van der Waals surface area contributed by atoms with Gasteiger partial charge in [0.25, 0.3) is 0 Å². The summed E-state index contributed by atoms with van der Waals surface area (Å²) in [7, 11) is 0. The van der Waals surface area contributed by atoms with Crippen LogP contribution in [0.25, 0.3) is 0 Å². The number of nitrogens with zero attached hydrogens (tertiary/aromatic N) is 1. The van der Waals surface area contributed by atoms with E-state index in [1.54, 1.807) is 36.3 Å². The van der Waals surface area contributed by atoms with Crippen molar-refractivity contribution in [2.24, 2.45) is 0 Å². The van der Waals surface area contributed by atoms with Crippen molar-refractivity contribution in [3.05, 3.63) is 48.0 Å². The molecule has 0 aliphatic carbocycles. The lowest BCUT2D eigenvalue weighted by molar-refractivity contribution is 0.627. The standard InChI is InChI=1S/C10H9FN2S/c11-9-3-1-8(2-4-9)7-14-10-12-5-6-13-10/h1-6H,7H2,(H,12,13). The van der Waals surface area contributed by atoms with E-state index in [1.165, 1.54) is 12.1 Å². The summed E-state index contributed by atoms with van der Waals surface area (Å²) < 4.78 is 12.6. The van der Waals surface area contributed by atoms with E-state index >= 15 is 0 Å². The number of thioether (sulfide) groups is 1. The number of hydrogen-bond donors (Lipinski definition) is 1. The number of aromatic amines is 1. The second kappa shape index (κ2) is 4.28. The third-order valence-electron chi connectivity index (χ3n) is 1.76. The number of nitrogens with one attached hydrogen (secondary N) is 1. The zero-order valence-electron chi connectivity index (χ0n) is 7.40. The highest BCUT2D eigenvalue weighted by atomic mass is 32.2. The Labute approximate surface area is 85.6 Å². The van der Waals surface area contributed by atoms with E-state index in [4.69, 9.17) is 0 Å². The lowest BCUT2D eigenvalue weighted by atomic mass is 10.2. The first kappa shape index (κ1) is 9.27. The topological polar surface area (TPSA) is 28.7 Å². The molecule has 1 N–H and O–H groups in total. The minimum atomic E-state index is -0.197. The normalized spacial score (nSPS) is 10.4. The van der Waals surface area contributed by atoms with Crippen LogP contribution in [0.15, 0.2) is 41.8 Å². The fraction of sp³-hybridized carbons (Fsp3) is 0.100. The number of H-pyrrole nitrogens is 1. The molecule has 1 aromatic carbocycles. The van der Waals surface area contributed by atoms with Crippen LogP contribution in [-0.4, -0.2) is 9.97 Å². The van der Waals surface area contributed by atoms with Gasteiger partial charge in [0.2, 0.25) is 0 Å². The van der Waals surface area contributed by atoms with E-state index in [1.807, 2.05) is 0 Å². The fourth-order valence-corrected chi connectivity index (χ4v) is 1.84. The van der Waals surface area contributed by atoms with Crippen molar-refractivity contribution in [1.29, 1.82) is 0 Å². The van der Waals surface area contributed by atoms with E-state index in [0.29, 0.717) is 0 Å². The molecule has 1 aromatic heterocycles. The molecule has 0 radical (unpaired) electrons. The van der Waals surface area contributed by atoms with E-state index in [2.05, 4.69) is 9.97 Å². The van der Waals surface area contributed by atoms with Crippen molar-refractivity contribution < 1.29 is 4.39 Å². The van der Waals surface area contributed by atoms with Gasteiger partial charge < -0.3 is 4.98 Å². The van der Waals surface area contributed by atoms with Crippen molar-refractivity contribution >= 4 is 11.8 Å². The van der Waals surface area contributed by atoms with Gasteiger partial charge in [0.15, 0.2) is 5.16 Å². The molecule has 0 aliphatic heterocycles. The molecule has 72 valence electrons. The largest absolute Gasteiger partial charge is 0.340 e. The molecule has 0 aliphatic rings. The maximum Gasteiger partial charge on any atom is 0.165 e. The van der Waals surface area contributed by atoms with Crippen LogP contribution in [0.4, 0.5) is 4.39 Å². The molecule has 2 aromatic rings. The van der Waals surface area contributed by atoms with Gasteiger partial charge in [-0.05, 0) is 17.7 Å².